The first-order valence-corrected chi connectivity index (χ1v) is 15.7. The van der Waals surface area contributed by atoms with E-state index in [1.54, 1.807) is 30.0 Å². The van der Waals surface area contributed by atoms with Crippen LogP contribution in [0.5, 0.6) is 0 Å². The Balaban J connectivity index is 1.21. The van der Waals surface area contributed by atoms with E-state index < -0.39 is 5.82 Å². The molecule has 0 bridgehead atoms. The standard InChI is InChI=1S/C35H35FN4O2S/c1-3-23-10-7-11-24(19-23)21-37-31-16-8-14-28(38-31)35(42)40-18-17-25-20-30(43-33(25)26-12-4-5-15-29(26)40)34(41)39-32-22(2)9-6-13-27(32)36/h4-9,11-16,20,23-24H,3,10,17-19,21H2,1-2H3,(H,37,38)(H,39,41). The maximum absolute atomic E-state index is 14.4. The SMILES string of the molecule is CCC1CC=CC(CNc2cccc(C(=O)N3CCc4cc(C(=O)Nc5c(C)cccc5F)sc4-c4ccccc43)n2)C1. The number of nitrogens with zero attached hydrogens (tertiary/aromatic N) is 2. The van der Waals surface area contributed by atoms with Gasteiger partial charge in [0.15, 0.2) is 0 Å². The van der Waals surface area contributed by atoms with Crippen LogP contribution < -0.4 is 15.5 Å². The second kappa shape index (κ2) is 12.5. The molecule has 2 N–H and O–H groups in total. The summed E-state index contributed by atoms with van der Waals surface area (Å²) >= 11 is 1.36. The van der Waals surface area contributed by atoms with Crippen LogP contribution in [0, 0.1) is 24.6 Å². The molecule has 4 aromatic rings. The fourth-order valence-corrected chi connectivity index (χ4v) is 7.10. The lowest BCUT2D eigenvalue weighted by Crippen LogP contribution is -2.33. The molecule has 0 saturated carbocycles. The number of aryl methyl sites for hydroxylation is 1. The third-order valence-electron chi connectivity index (χ3n) is 8.39. The maximum Gasteiger partial charge on any atom is 0.276 e. The summed E-state index contributed by atoms with van der Waals surface area (Å²) in [5.74, 6) is 0.905. The van der Waals surface area contributed by atoms with Gasteiger partial charge in [0.2, 0.25) is 0 Å². The number of nitrogens with one attached hydrogen (secondary N) is 2. The Hall–Kier alpha value is -4.30. The number of para-hydroxylation sites is 2. The van der Waals surface area contributed by atoms with Gasteiger partial charge in [-0.15, -0.1) is 11.3 Å². The molecule has 2 aliphatic rings. The van der Waals surface area contributed by atoms with Crippen molar-refractivity contribution in [2.24, 2.45) is 11.8 Å². The molecule has 2 unspecified atom stereocenters. The number of anilines is 3. The molecule has 6 rings (SSSR count). The fourth-order valence-electron chi connectivity index (χ4n) is 5.96. The van der Waals surface area contributed by atoms with Gasteiger partial charge in [-0.05, 0) is 79.5 Å². The van der Waals surface area contributed by atoms with Gasteiger partial charge in [-0.3, -0.25) is 9.59 Å². The molecule has 220 valence electrons. The zero-order valence-electron chi connectivity index (χ0n) is 24.4. The molecule has 1 aliphatic carbocycles. The summed E-state index contributed by atoms with van der Waals surface area (Å²) in [6, 6.07) is 19.9. The molecule has 0 fully saturated rings. The van der Waals surface area contributed by atoms with E-state index in [4.69, 9.17) is 4.98 Å². The Morgan fingerprint density at radius 3 is 2.77 bits per heavy atom. The quantitative estimate of drug-likeness (QED) is 0.212. The van der Waals surface area contributed by atoms with E-state index in [1.165, 1.54) is 30.2 Å². The fraction of sp³-hybridized carbons (Fsp3) is 0.286. The van der Waals surface area contributed by atoms with E-state index in [-0.39, 0.29) is 17.5 Å². The van der Waals surface area contributed by atoms with E-state index in [1.807, 2.05) is 42.5 Å². The molecular weight excluding hydrogens is 559 g/mol. The molecular formula is C35H35FN4O2S. The summed E-state index contributed by atoms with van der Waals surface area (Å²) in [4.78, 5) is 35.0. The first kappa shape index (κ1) is 28.8. The minimum absolute atomic E-state index is 0.164. The van der Waals surface area contributed by atoms with Gasteiger partial charge in [-0.2, -0.15) is 0 Å². The minimum Gasteiger partial charge on any atom is -0.369 e. The molecule has 43 heavy (non-hydrogen) atoms. The molecule has 8 heteroatoms. The topological polar surface area (TPSA) is 74.3 Å². The van der Waals surface area contributed by atoms with E-state index in [0.717, 1.165) is 40.6 Å². The van der Waals surface area contributed by atoms with Crippen molar-refractivity contribution in [3.05, 3.63) is 106 Å². The van der Waals surface area contributed by atoms with Crippen molar-refractivity contribution >= 4 is 40.3 Å². The molecule has 2 atom stereocenters. The largest absolute Gasteiger partial charge is 0.369 e. The number of carbonyl (C=O) groups excluding carboxylic acids is 2. The Kier molecular flexibility index (Phi) is 8.38. The molecule has 2 amide bonds. The summed E-state index contributed by atoms with van der Waals surface area (Å²) in [6.07, 6.45) is 8.65. The molecule has 0 spiro atoms. The average molecular weight is 595 g/mol. The van der Waals surface area contributed by atoms with Crippen LogP contribution in [0.25, 0.3) is 10.4 Å². The number of amides is 2. The lowest BCUT2D eigenvalue weighted by Gasteiger charge is -2.24. The monoisotopic (exact) mass is 594 g/mol. The summed E-state index contributed by atoms with van der Waals surface area (Å²) in [7, 11) is 0. The molecule has 6 nitrogen and oxygen atoms in total. The third-order valence-corrected chi connectivity index (χ3v) is 9.60. The Morgan fingerprint density at radius 1 is 1.09 bits per heavy atom. The van der Waals surface area contributed by atoms with Gasteiger partial charge >= 0.3 is 0 Å². The number of thiophene rings is 1. The number of benzene rings is 2. The lowest BCUT2D eigenvalue weighted by molar-refractivity contribution is 0.0981. The van der Waals surface area contributed by atoms with Crippen molar-refractivity contribution < 1.29 is 14.0 Å². The molecule has 0 radical (unpaired) electrons. The molecule has 3 heterocycles. The number of fused-ring (bicyclic) bond motifs is 3. The highest BCUT2D eigenvalue weighted by Crippen LogP contribution is 2.42. The van der Waals surface area contributed by atoms with Crippen LogP contribution in [0.1, 0.15) is 57.5 Å². The van der Waals surface area contributed by atoms with Crippen LogP contribution in [-0.4, -0.2) is 29.9 Å². The molecule has 0 saturated heterocycles. The van der Waals surface area contributed by atoms with Crippen LogP contribution in [0.15, 0.2) is 78.9 Å². The first-order chi connectivity index (χ1) is 20.9. The van der Waals surface area contributed by atoms with Gasteiger partial charge in [0.25, 0.3) is 11.8 Å². The first-order valence-electron chi connectivity index (χ1n) is 14.9. The zero-order chi connectivity index (χ0) is 29.9. The average Bonchev–Trinajstić information content (AvgIpc) is 3.40. The third kappa shape index (κ3) is 6.11. The van der Waals surface area contributed by atoms with Gasteiger partial charge in [0.05, 0.1) is 16.3 Å². The van der Waals surface area contributed by atoms with Crippen LogP contribution in [0.4, 0.5) is 21.6 Å². The van der Waals surface area contributed by atoms with Crippen LogP contribution in [0.2, 0.25) is 0 Å². The Bertz CT molecular complexity index is 1680. The smallest absolute Gasteiger partial charge is 0.276 e. The number of hydrogen-bond acceptors (Lipinski definition) is 5. The molecule has 1 aliphatic heterocycles. The van der Waals surface area contributed by atoms with Crippen molar-refractivity contribution in [2.45, 2.75) is 39.5 Å². The summed E-state index contributed by atoms with van der Waals surface area (Å²) in [6.45, 7) is 5.24. The van der Waals surface area contributed by atoms with Crippen molar-refractivity contribution in [2.75, 3.05) is 28.6 Å². The van der Waals surface area contributed by atoms with E-state index >= 15 is 0 Å². The second-order valence-electron chi connectivity index (χ2n) is 11.3. The van der Waals surface area contributed by atoms with Gasteiger partial charge in [-0.25, -0.2) is 9.37 Å². The van der Waals surface area contributed by atoms with E-state index in [0.29, 0.717) is 40.8 Å². The Morgan fingerprint density at radius 2 is 1.93 bits per heavy atom. The minimum atomic E-state index is -0.463. The maximum atomic E-state index is 14.4. The van der Waals surface area contributed by atoms with Crippen LogP contribution >= 0.6 is 11.3 Å². The zero-order valence-corrected chi connectivity index (χ0v) is 25.2. The van der Waals surface area contributed by atoms with Gasteiger partial charge in [-0.1, -0.05) is 61.9 Å². The van der Waals surface area contributed by atoms with Crippen LogP contribution in [-0.2, 0) is 6.42 Å². The number of carbonyl (C=O) groups is 2. The predicted molar refractivity (Wildman–Crippen MR) is 173 cm³/mol. The number of pyridine rings is 1. The number of halogens is 1. The van der Waals surface area contributed by atoms with E-state index in [2.05, 4.69) is 29.7 Å². The summed E-state index contributed by atoms with van der Waals surface area (Å²) < 4.78 is 14.4. The number of rotatable bonds is 7. The van der Waals surface area contributed by atoms with E-state index in [9.17, 15) is 14.0 Å². The van der Waals surface area contributed by atoms with Crippen molar-refractivity contribution in [3.8, 4) is 10.4 Å². The van der Waals surface area contributed by atoms with Crippen molar-refractivity contribution in [1.82, 2.24) is 4.98 Å². The summed E-state index contributed by atoms with van der Waals surface area (Å²) in [5.41, 5.74) is 3.89. The van der Waals surface area contributed by atoms with Crippen molar-refractivity contribution in [3.63, 3.8) is 0 Å². The molecule has 2 aromatic carbocycles. The highest BCUT2D eigenvalue weighted by molar-refractivity contribution is 7.17. The van der Waals surface area contributed by atoms with Crippen LogP contribution in [0.3, 0.4) is 0 Å². The molecule has 2 aromatic heterocycles. The lowest BCUT2D eigenvalue weighted by atomic mass is 9.85. The highest BCUT2D eigenvalue weighted by atomic mass is 32.1. The normalized spacial score (nSPS) is 17.5. The Labute approximate surface area is 255 Å². The van der Waals surface area contributed by atoms with Gasteiger partial charge in [0.1, 0.15) is 17.3 Å². The number of allylic oxidation sites excluding steroid dienone is 1. The number of aromatic nitrogens is 1. The number of hydrogen-bond donors (Lipinski definition) is 2. The van der Waals surface area contributed by atoms with Gasteiger partial charge in [0, 0.05) is 23.5 Å². The predicted octanol–water partition coefficient (Wildman–Crippen LogP) is 8.12. The highest BCUT2D eigenvalue weighted by Gasteiger charge is 2.28. The summed E-state index contributed by atoms with van der Waals surface area (Å²) in [5, 5.41) is 6.19. The van der Waals surface area contributed by atoms with Crippen molar-refractivity contribution in [1.29, 1.82) is 0 Å². The van der Waals surface area contributed by atoms with Gasteiger partial charge < -0.3 is 15.5 Å². The second-order valence-corrected chi connectivity index (χ2v) is 12.3.